The van der Waals surface area contributed by atoms with Crippen LogP contribution < -0.4 is 5.32 Å². The summed E-state index contributed by atoms with van der Waals surface area (Å²) in [6.07, 6.45) is 6.10. The average molecular weight is 343 g/mol. The molecule has 1 N–H and O–H groups in total. The van der Waals surface area contributed by atoms with Crippen LogP contribution in [0.15, 0.2) is 30.6 Å². The zero-order chi connectivity index (χ0) is 17.6. The van der Waals surface area contributed by atoms with Gasteiger partial charge in [0.15, 0.2) is 6.10 Å². The molecule has 2 aromatic rings. The number of amides is 1. The van der Waals surface area contributed by atoms with E-state index in [2.05, 4.69) is 20.8 Å². The van der Waals surface area contributed by atoms with Gasteiger partial charge in [-0.1, -0.05) is 19.3 Å². The van der Waals surface area contributed by atoms with E-state index in [4.69, 9.17) is 4.74 Å². The fourth-order valence-electron chi connectivity index (χ4n) is 2.88. The third-order valence-corrected chi connectivity index (χ3v) is 4.32. The first-order valence-corrected chi connectivity index (χ1v) is 8.48. The minimum absolute atomic E-state index is 0.193. The quantitative estimate of drug-likeness (QED) is 0.829. The molecule has 1 heterocycles. The van der Waals surface area contributed by atoms with Crippen LogP contribution in [0.3, 0.4) is 0 Å². The Hall–Kier alpha value is -2.77. The van der Waals surface area contributed by atoms with Crippen LogP contribution >= 0.6 is 0 Å². The molecule has 132 valence electrons. The zero-order valence-corrected chi connectivity index (χ0v) is 14.1. The van der Waals surface area contributed by atoms with Gasteiger partial charge in [-0.25, -0.2) is 9.48 Å². The van der Waals surface area contributed by atoms with Crippen molar-refractivity contribution < 1.29 is 14.3 Å². The Morgan fingerprint density at radius 2 is 1.92 bits per heavy atom. The molecule has 1 aromatic heterocycles. The van der Waals surface area contributed by atoms with Gasteiger partial charge in [-0.05, 0) is 54.5 Å². The molecule has 8 heteroatoms. The fourth-order valence-corrected chi connectivity index (χ4v) is 2.88. The maximum absolute atomic E-state index is 12.2. The topological polar surface area (TPSA) is 99.0 Å². The van der Waals surface area contributed by atoms with Gasteiger partial charge in [0.25, 0.3) is 5.91 Å². The molecular weight excluding hydrogens is 322 g/mol. The van der Waals surface area contributed by atoms with Gasteiger partial charge in [-0.2, -0.15) is 0 Å². The molecule has 1 aliphatic rings. The van der Waals surface area contributed by atoms with E-state index in [1.165, 1.54) is 17.4 Å². The van der Waals surface area contributed by atoms with Gasteiger partial charge >= 0.3 is 5.97 Å². The number of carbonyl (C=O) groups is 2. The van der Waals surface area contributed by atoms with Crippen molar-refractivity contribution in [1.29, 1.82) is 0 Å². The second kappa shape index (κ2) is 7.87. The monoisotopic (exact) mass is 343 g/mol. The smallest absolute Gasteiger partial charge is 0.338 e. The van der Waals surface area contributed by atoms with E-state index in [0.717, 1.165) is 31.4 Å². The van der Waals surface area contributed by atoms with E-state index in [1.807, 2.05) is 0 Å². The fraction of sp³-hybridized carbons (Fsp3) is 0.471. The summed E-state index contributed by atoms with van der Waals surface area (Å²) in [6.45, 7) is 1.59. The Labute approximate surface area is 145 Å². The minimum Gasteiger partial charge on any atom is -0.449 e. The summed E-state index contributed by atoms with van der Waals surface area (Å²) in [5.41, 5.74) is 1.10. The molecule has 3 rings (SSSR count). The highest BCUT2D eigenvalue weighted by Gasteiger charge is 2.22. The van der Waals surface area contributed by atoms with Gasteiger partial charge in [0, 0.05) is 6.04 Å². The molecule has 0 spiro atoms. The molecule has 0 aliphatic heterocycles. The van der Waals surface area contributed by atoms with E-state index in [9.17, 15) is 9.59 Å². The normalized spacial score (nSPS) is 16.2. The maximum Gasteiger partial charge on any atom is 0.338 e. The first-order valence-electron chi connectivity index (χ1n) is 8.48. The molecule has 25 heavy (non-hydrogen) atoms. The molecule has 1 aliphatic carbocycles. The highest BCUT2D eigenvalue weighted by Crippen LogP contribution is 2.17. The second-order valence-corrected chi connectivity index (χ2v) is 6.19. The maximum atomic E-state index is 12.2. The van der Waals surface area contributed by atoms with Crippen molar-refractivity contribution >= 4 is 11.9 Å². The van der Waals surface area contributed by atoms with Crippen molar-refractivity contribution in [3.8, 4) is 5.69 Å². The highest BCUT2D eigenvalue weighted by molar-refractivity contribution is 5.92. The summed E-state index contributed by atoms with van der Waals surface area (Å²) >= 11 is 0. The molecule has 0 radical (unpaired) electrons. The molecule has 1 amide bonds. The number of hydrogen-bond acceptors (Lipinski definition) is 6. The zero-order valence-electron chi connectivity index (χ0n) is 14.1. The molecule has 1 atom stereocenters. The minimum atomic E-state index is -0.825. The van der Waals surface area contributed by atoms with Crippen molar-refractivity contribution in [2.24, 2.45) is 0 Å². The number of nitrogens with zero attached hydrogens (tertiary/aromatic N) is 4. The Morgan fingerprint density at radius 1 is 1.20 bits per heavy atom. The molecule has 0 unspecified atom stereocenters. The lowest BCUT2D eigenvalue weighted by atomic mass is 9.95. The average Bonchev–Trinajstić information content (AvgIpc) is 3.17. The lowest BCUT2D eigenvalue weighted by Gasteiger charge is -2.24. The summed E-state index contributed by atoms with van der Waals surface area (Å²) in [4.78, 5) is 24.4. The number of carbonyl (C=O) groups excluding carboxylic acids is 2. The van der Waals surface area contributed by atoms with Gasteiger partial charge in [0.2, 0.25) is 0 Å². The number of aromatic nitrogens is 4. The van der Waals surface area contributed by atoms with Crippen molar-refractivity contribution in [2.45, 2.75) is 51.2 Å². The van der Waals surface area contributed by atoms with Crippen molar-refractivity contribution in [3.63, 3.8) is 0 Å². The lowest BCUT2D eigenvalue weighted by molar-refractivity contribution is -0.130. The lowest BCUT2D eigenvalue weighted by Crippen LogP contribution is -2.42. The van der Waals surface area contributed by atoms with Gasteiger partial charge < -0.3 is 10.1 Å². The van der Waals surface area contributed by atoms with Crippen LogP contribution in [0, 0.1) is 0 Å². The van der Waals surface area contributed by atoms with Crippen LogP contribution in [-0.2, 0) is 9.53 Å². The number of ether oxygens (including phenoxy) is 1. The third-order valence-electron chi connectivity index (χ3n) is 4.32. The van der Waals surface area contributed by atoms with Crippen LogP contribution in [0.4, 0.5) is 0 Å². The molecule has 0 bridgehead atoms. The second-order valence-electron chi connectivity index (χ2n) is 6.19. The Kier molecular flexibility index (Phi) is 5.37. The van der Waals surface area contributed by atoms with E-state index in [0.29, 0.717) is 5.56 Å². The van der Waals surface area contributed by atoms with Gasteiger partial charge in [0.05, 0.1) is 11.3 Å². The predicted molar refractivity (Wildman–Crippen MR) is 89.0 cm³/mol. The first-order chi connectivity index (χ1) is 12.1. The van der Waals surface area contributed by atoms with Crippen LogP contribution in [0.1, 0.15) is 49.4 Å². The summed E-state index contributed by atoms with van der Waals surface area (Å²) in [5, 5.41) is 13.9. The van der Waals surface area contributed by atoms with Crippen LogP contribution in [0.5, 0.6) is 0 Å². The highest BCUT2D eigenvalue weighted by atomic mass is 16.5. The molecule has 1 fully saturated rings. The first kappa shape index (κ1) is 17.1. The van der Waals surface area contributed by atoms with Crippen LogP contribution in [-0.4, -0.2) is 44.2 Å². The van der Waals surface area contributed by atoms with E-state index >= 15 is 0 Å². The largest absolute Gasteiger partial charge is 0.449 e. The van der Waals surface area contributed by atoms with Gasteiger partial charge in [-0.3, -0.25) is 4.79 Å². The molecule has 1 aromatic carbocycles. The molecule has 0 saturated heterocycles. The molecular formula is C17H21N5O3. The number of nitrogens with one attached hydrogen (secondary N) is 1. The van der Waals surface area contributed by atoms with E-state index < -0.39 is 12.1 Å². The number of benzene rings is 1. The standard InChI is InChI=1S/C17H21N5O3/c1-12(16(23)19-14-5-3-2-4-6-14)25-17(24)13-7-9-15(10-8-13)22-11-18-20-21-22/h7-12,14H,2-6H2,1H3,(H,19,23)/t12-/m0/s1. The van der Waals surface area contributed by atoms with Crippen molar-refractivity contribution in [2.75, 3.05) is 0 Å². The van der Waals surface area contributed by atoms with Gasteiger partial charge in [-0.15, -0.1) is 5.10 Å². The SMILES string of the molecule is C[C@H](OC(=O)c1ccc(-n2cnnn2)cc1)C(=O)NC1CCCCC1. The summed E-state index contributed by atoms with van der Waals surface area (Å²) in [6, 6.07) is 6.84. The molecule has 1 saturated carbocycles. The summed E-state index contributed by atoms with van der Waals surface area (Å²) in [7, 11) is 0. The van der Waals surface area contributed by atoms with Crippen LogP contribution in [0.2, 0.25) is 0 Å². The Morgan fingerprint density at radius 3 is 2.56 bits per heavy atom. The number of hydrogen-bond donors (Lipinski definition) is 1. The Bertz CT molecular complexity index is 708. The summed E-state index contributed by atoms with van der Waals surface area (Å²) < 4.78 is 6.75. The predicted octanol–water partition coefficient (Wildman–Crippen LogP) is 1.66. The van der Waals surface area contributed by atoms with E-state index in [1.54, 1.807) is 31.2 Å². The van der Waals surface area contributed by atoms with Crippen molar-refractivity contribution in [1.82, 2.24) is 25.5 Å². The third kappa shape index (κ3) is 4.40. The van der Waals surface area contributed by atoms with Crippen molar-refractivity contribution in [3.05, 3.63) is 36.2 Å². The van der Waals surface area contributed by atoms with Crippen LogP contribution in [0.25, 0.3) is 5.69 Å². The molecule has 8 nitrogen and oxygen atoms in total. The summed E-state index contributed by atoms with van der Waals surface area (Å²) in [5.74, 6) is -0.778. The van der Waals surface area contributed by atoms with Gasteiger partial charge in [0.1, 0.15) is 6.33 Å². The van der Waals surface area contributed by atoms with E-state index in [-0.39, 0.29) is 11.9 Å². The number of esters is 1. The number of rotatable bonds is 5. The number of tetrazole rings is 1. The Balaban J connectivity index is 1.54.